The number of amides is 1. The van der Waals surface area contributed by atoms with Gasteiger partial charge < -0.3 is 10.0 Å². The van der Waals surface area contributed by atoms with Gasteiger partial charge in [-0.25, -0.2) is 9.97 Å². The van der Waals surface area contributed by atoms with E-state index in [2.05, 4.69) is 14.9 Å². The van der Waals surface area contributed by atoms with E-state index in [0.717, 1.165) is 44.4 Å². The summed E-state index contributed by atoms with van der Waals surface area (Å²) in [5.41, 5.74) is 1.08. The first kappa shape index (κ1) is 17.1. The Morgan fingerprint density at radius 3 is 2.67 bits per heavy atom. The zero-order valence-electron chi connectivity index (χ0n) is 15.5. The number of hydrogen-bond donors (Lipinski definition) is 1. The quantitative estimate of drug-likeness (QED) is 0.880. The summed E-state index contributed by atoms with van der Waals surface area (Å²) in [7, 11) is 0. The molecule has 142 valence electrons. The average Bonchev–Trinajstić information content (AvgIpc) is 3.35. The van der Waals surface area contributed by atoms with Crippen LogP contribution in [0, 0.1) is 11.8 Å². The predicted octanol–water partition coefficient (Wildman–Crippen LogP) is 1.94. The number of fused-ring (bicyclic) bond motifs is 2. The highest BCUT2D eigenvalue weighted by Gasteiger charge is 2.45. The fourth-order valence-electron chi connectivity index (χ4n) is 5.27. The van der Waals surface area contributed by atoms with Crippen LogP contribution in [-0.2, 0) is 0 Å². The Hall–Kier alpha value is -2.05. The average molecular weight is 366 g/mol. The molecule has 3 fully saturated rings. The van der Waals surface area contributed by atoms with Gasteiger partial charge in [0.15, 0.2) is 5.65 Å². The number of rotatable bonds is 2. The molecule has 1 aliphatic carbocycles. The van der Waals surface area contributed by atoms with Gasteiger partial charge in [-0.3, -0.25) is 9.69 Å². The lowest BCUT2D eigenvalue weighted by molar-refractivity contribution is -0.000864. The number of likely N-dealkylation sites (tertiary alicyclic amines) is 2. The third-order valence-corrected chi connectivity index (χ3v) is 6.69. The SMILES string of the molecule is O=C(c1ccc2cccnc2n1)N1C[C@H]2C[C@@H](N3CCCC3)[C@H](O)C[C@H]2C1. The number of carbonyl (C=O) groups excluding carboxylic acids is 1. The van der Waals surface area contributed by atoms with Crippen LogP contribution in [0.3, 0.4) is 0 Å². The number of aromatic nitrogens is 2. The summed E-state index contributed by atoms with van der Waals surface area (Å²) >= 11 is 0. The van der Waals surface area contributed by atoms with E-state index < -0.39 is 0 Å². The van der Waals surface area contributed by atoms with Crippen LogP contribution in [0.15, 0.2) is 30.5 Å². The van der Waals surface area contributed by atoms with Crippen molar-refractivity contribution in [3.05, 3.63) is 36.2 Å². The summed E-state index contributed by atoms with van der Waals surface area (Å²) in [5.74, 6) is 0.882. The second-order valence-electron chi connectivity index (χ2n) is 8.33. The second-order valence-corrected chi connectivity index (χ2v) is 8.33. The monoisotopic (exact) mass is 366 g/mol. The van der Waals surface area contributed by atoms with E-state index in [1.165, 1.54) is 12.8 Å². The van der Waals surface area contributed by atoms with E-state index >= 15 is 0 Å². The molecule has 6 heteroatoms. The maximum absolute atomic E-state index is 13.0. The third kappa shape index (κ3) is 3.11. The third-order valence-electron chi connectivity index (χ3n) is 6.69. The van der Waals surface area contributed by atoms with Crippen molar-refractivity contribution < 1.29 is 9.90 Å². The Morgan fingerprint density at radius 2 is 1.85 bits per heavy atom. The minimum absolute atomic E-state index is 0.0100. The Morgan fingerprint density at radius 1 is 1.07 bits per heavy atom. The highest BCUT2D eigenvalue weighted by Crippen LogP contribution is 2.39. The van der Waals surface area contributed by atoms with E-state index in [-0.39, 0.29) is 18.1 Å². The number of aliphatic hydroxyl groups excluding tert-OH is 1. The molecule has 5 rings (SSSR count). The molecular formula is C21H26N4O2. The normalized spacial score (nSPS) is 31.4. The fourth-order valence-corrected chi connectivity index (χ4v) is 5.27. The Balaban J connectivity index is 1.31. The Kier molecular flexibility index (Phi) is 4.32. The van der Waals surface area contributed by atoms with Crippen molar-refractivity contribution in [2.24, 2.45) is 11.8 Å². The zero-order valence-corrected chi connectivity index (χ0v) is 15.5. The first-order chi connectivity index (χ1) is 13.2. The standard InChI is InChI=1S/C21H26N4O2/c26-19-11-16-13-25(12-15(16)10-18(19)24-8-1-2-9-24)21(27)17-6-5-14-4-3-7-22-20(14)23-17/h3-7,15-16,18-19,26H,1-2,8-13H2/t15-,16+,18-,19-/m1/s1. The highest BCUT2D eigenvalue weighted by molar-refractivity contribution is 5.94. The van der Waals surface area contributed by atoms with Crippen LogP contribution in [0.2, 0.25) is 0 Å². The summed E-state index contributed by atoms with van der Waals surface area (Å²) in [5, 5.41) is 11.6. The van der Waals surface area contributed by atoms with Gasteiger partial charge in [0, 0.05) is 30.7 Å². The van der Waals surface area contributed by atoms with Crippen molar-refractivity contribution in [3.63, 3.8) is 0 Å². The molecule has 1 amide bonds. The largest absolute Gasteiger partial charge is 0.391 e. The molecule has 2 aliphatic heterocycles. The molecule has 1 N–H and O–H groups in total. The topological polar surface area (TPSA) is 69.6 Å². The van der Waals surface area contributed by atoms with E-state index in [0.29, 0.717) is 23.2 Å². The maximum atomic E-state index is 13.0. The van der Waals surface area contributed by atoms with Gasteiger partial charge in [0.1, 0.15) is 5.69 Å². The number of hydrogen-bond acceptors (Lipinski definition) is 5. The molecule has 6 nitrogen and oxygen atoms in total. The minimum Gasteiger partial charge on any atom is -0.391 e. The molecule has 27 heavy (non-hydrogen) atoms. The number of aliphatic hydroxyl groups is 1. The van der Waals surface area contributed by atoms with Crippen molar-refractivity contribution in [1.29, 1.82) is 0 Å². The van der Waals surface area contributed by atoms with Crippen LogP contribution < -0.4 is 0 Å². The molecule has 4 atom stereocenters. The van der Waals surface area contributed by atoms with E-state index in [1.807, 2.05) is 23.1 Å². The van der Waals surface area contributed by atoms with Gasteiger partial charge in [0.05, 0.1) is 6.10 Å². The van der Waals surface area contributed by atoms with Crippen molar-refractivity contribution in [2.75, 3.05) is 26.2 Å². The van der Waals surface area contributed by atoms with Gasteiger partial charge in [-0.05, 0) is 74.9 Å². The van der Waals surface area contributed by atoms with Crippen LogP contribution in [0.5, 0.6) is 0 Å². The molecule has 2 aromatic rings. The molecule has 0 radical (unpaired) electrons. The van der Waals surface area contributed by atoms with Crippen LogP contribution in [-0.4, -0.2) is 69.1 Å². The van der Waals surface area contributed by atoms with Gasteiger partial charge in [-0.15, -0.1) is 0 Å². The summed E-state index contributed by atoms with van der Waals surface area (Å²) in [6, 6.07) is 7.81. The molecule has 1 saturated carbocycles. The van der Waals surface area contributed by atoms with Gasteiger partial charge in [0.2, 0.25) is 0 Å². The van der Waals surface area contributed by atoms with Crippen molar-refractivity contribution in [1.82, 2.24) is 19.8 Å². The van der Waals surface area contributed by atoms with Crippen LogP contribution in [0.4, 0.5) is 0 Å². The minimum atomic E-state index is -0.262. The number of carbonyl (C=O) groups is 1. The van der Waals surface area contributed by atoms with Gasteiger partial charge >= 0.3 is 0 Å². The lowest BCUT2D eigenvalue weighted by Crippen LogP contribution is -2.48. The Bertz CT molecular complexity index is 851. The smallest absolute Gasteiger partial charge is 0.272 e. The first-order valence-electron chi connectivity index (χ1n) is 10.1. The Labute approximate surface area is 159 Å². The molecule has 0 spiro atoms. The van der Waals surface area contributed by atoms with Gasteiger partial charge in [-0.2, -0.15) is 0 Å². The molecular weight excluding hydrogens is 340 g/mol. The molecule has 3 aliphatic rings. The van der Waals surface area contributed by atoms with Crippen molar-refractivity contribution >= 4 is 16.9 Å². The molecule has 0 unspecified atom stereocenters. The van der Waals surface area contributed by atoms with E-state index in [9.17, 15) is 9.90 Å². The predicted molar refractivity (Wildman–Crippen MR) is 102 cm³/mol. The number of nitrogens with zero attached hydrogens (tertiary/aromatic N) is 4. The summed E-state index contributed by atoms with van der Waals surface area (Å²) in [6.45, 7) is 3.73. The summed E-state index contributed by atoms with van der Waals surface area (Å²) in [4.78, 5) is 26.1. The van der Waals surface area contributed by atoms with Crippen LogP contribution >= 0.6 is 0 Å². The zero-order chi connectivity index (χ0) is 18.4. The van der Waals surface area contributed by atoms with Gasteiger partial charge in [0.25, 0.3) is 5.91 Å². The molecule has 0 aromatic carbocycles. The molecule has 2 saturated heterocycles. The molecule has 0 bridgehead atoms. The molecule has 4 heterocycles. The lowest BCUT2D eigenvalue weighted by Gasteiger charge is -2.40. The van der Waals surface area contributed by atoms with E-state index in [1.54, 1.807) is 12.3 Å². The first-order valence-corrected chi connectivity index (χ1v) is 10.1. The van der Waals surface area contributed by atoms with Crippen LogP contribution in [0.1, 0.15) is 36.2 Å². The van der Waals surface area contributed by atoms with Crippen LogP contribution in [0.25, 0.3) is 11.0 Å². The molecule has 2 aromatic heterocycles. The maximum Gasteiger partial charge on any atom is 0.272 e. The lowest BCUT2D eigenvalue weighted by atomic mass is 9.77. The number of pyridine rings is 2. The summed E-state index contributed by atoms with van der Waals surface area (Å²) < 4.78 is 0. The van der Waals surface area contributed by atoms with Crippen molar-refractivity contribution in [3.8, 4) is 0 Å². The second kappa shape index (κ2) is 6.84. The summed E-state index contributed by atoms with van der Waals surface area (Å²) in [6.07, 6.45) is 5.73. The van der Waals surface area contributed by atoms with E-state index in [4.69, 9.17) is 0 Å². The van der Waals surface area contributed by atoms with Gasteiger partial charge in [-0.1, -0.05) is 0 Å². The van der Waals surface area contributed by atoms with Crippen molar-refractivity contribution in [2.45, 2.75) is 37.8 Å². The highest BCUT2D eigenvalue weighted by atomic mass is 16.3. The fraction of sp³-hybridized carbons (Fsp3) is 0.571.